The maximum atomic E-state index is 12.2. The molecule has 4 N–H and O–H groups in total. The van der Waals surface area contributed by atoms with Crippen LogP contribution in [-0.4, -0.2) is 41.5 Å². The molecule has 1 atom stereocenters. The molecule has 1 aromatic rings. The van der Waals surface area contributed by atoms with E-state index in [1.54, 1.807) is 12.1 Å². The van der Waals surface area contributed by atoms with Crippen LogP contribution in [0.4, 0.5) is 5.82 Å². The van der Waals surface area contributed by atoms with Crippen LogP contribution in [-0.2, 0) is 0 Å². The standard InChI is InChI=1S/C14H25N5O/c1-5-19(6-2)9-11(4)17-14(20)12-7-10(3)16-13(8-12)18-15/h7-8,11H,5-6,9,15H2,1-4H3,(H,16,18)(H,17,20). The van der Waals surface area contributed by atoms with Gasteiger partial charge in [0, 0.05) is 23.8 Å². The molecule has 1 heterocycles. The average Bonchev–Trinajstić information content (AvgIpc) is 2.43. The third-order valence-electron chi connectivity index (χ3n) is 3.17. The minimum absolute atomic E-state index is 0.0881. The lowest BCUT2D eigenvalue weighted by molar-refractivity contribution is 0.0930. The van der Waals surface area contributed by atoms with Gasteiger partial charge in [0.2, 0.25) is 0 Å². The number of likely N-dealkylation sites (N-methyl/N-ethyl adjacent to an activating group) is 1. The lowest BCUT2D eigenvalue weighted by Gasteiger charge is -2.23. The van der Waals surface area contributed by atoms with Crippen LogP contribution in [0.3, 0.4) is 0 Å². The lowest BCUT2D eigenvalue weighted by atomic mass is 10.2. The summed E-state index contributed by atoms with van der Waals surface area (Å²) in [4.78, 5) is 18.6. The SMILES string of the molecule is CCN(CC)CC(C)NC(=O)c1cc(C)nc(NN)c1. The van der Waals surface area contributed by atoms with Gasteiger partial charge < -0.3 is 15.6 Å². The number of hydrazine groups is 1. The fraction of sp³-hybridized carbons (Fsp3) is 0.571. The fourth-order valence-electron chi connectivity index (χ4n) is 2.10. The molecule has 1 unspecified atom stereocenters. The zero-order valence-corrected chi connectivity index (χ0v) is 12.7. The van der Waals surface area contributed by atoms with Gasteiger partial charge in [-0.2, -0.15) is 0 Å². The van der Waals surface area contributed by atoms with Gasteiger partial charge in [-0.3, -0.25) is 4.79 Å². The van der Waals surface area contributed by atoms with Crippen molar-refractivity contribution in [1.29, 1.82) is 0 Å². The Morgan fingerprint density at radius 2 is 2.05 bits per heavy atom. The van der Waals surface area contributed by atoms with Gasteiger partial charge in [-0.15, -0.1) is 0 Å². The number of hydrogen-bond acceptors (Lipinski definition) is 5. The molecule has 112 valence electrons. The Bertz CT molecular complexity index is 445. The summed E-state index contributed by atoms with van der Waals surface area (Å²) in [5.74, 6) is 5.73. The summed E-state index contributed by atoms with van der Waals surface area (Å²) >= 11 is 0. The highest BCUT2D eigenvalue weighted by atomic mass is 16.1. The van der Waals surface area contributed by atoms with Crippen molar-refractivity contribution >= 4 is 11.7 Å². The molecule has 6 nitrogen and oxygen atoms in total. The second-order valence-corrected chi connectivity index (χ2v) is 4.89. The molecule has 0 bridgehead atoms. The van der Waals surface area contributed by atoms with Gasteiger partial charge in [-0.1, -0.05) is 13.8 Å². The summed E-state index contributed by atoms with van der Waals surface area (Å²) < 4.78 is 0. The molecule has 0 aliphatic carbocycles. The van der Waals surface area contributed by atoms with Crippen LogP contribution < -0.4 is 16.6 Å². The first kappa shape index (κ1) is 16.4. The summed E-state index contributed by atoms with van der Waals surface area (Å²) in [6.45, 7) is 10.9. The number of aromatic nitrogens is 1. The van der Waals surface area contributed by atoms with Crippen molar-refractivity contribution in [3.05, 3.63) is 23.4 Å². The minimum Gasteiger partial charge on any atom is -0.348 e. The van der Waals surface area contributed by atoms with Gasteiger partial charge >= 0.3 is 0 Å². The zero-order valence-electron chi connectivity index (χ0n) is 12.7. The van der Waals surface area contributed by atoms with Gasteiger partial charge in [-0.05, 0) is 39.1 Å². The van der Waals surface area contributed by atoms with Gasteiger partial charge in [-0.25, -0.2) is 10.8 Å². The first-order valence-electron chi connectivity index (χ1n) is 6.98. The van der Waals surface area contributed by atoms with Crippen molar-refractivity contribution < 1.29 is 4.79 Å². The third-order valence-corrected chi connectivity index (χ3v) is 3.17. The number of carbonyl (C=O) groups is 1. The Morgan fingerprint density at radius 3 is 2.60 bits per heavy atom. The van der Waals surface area contributed by atoms with Gasteiger partial charge in [0.05, 0.1) is 0 Å². The molecule has 1 rings (SSSR count). The number of nitrogens with two attached hydrogens (primary N) is 1. The molecule has 0 aliphatic heterocycles. The average molecular weight is 279 g/mol. The van der Waals surface area contributed by atoms with Crippen molar-refractivity contribution in [2.24, 2.45) is 5.84 Å². The fourth-order valence-corrected chi connectivity index (χ4v) is 2.10. The lowest BCUT2D eigenvalue weighted by Crippen LogP contribution is -2.42. The molecular weight excluding hydrogens is 254 g/mol. The highest BCUT2D eigenvalue weighted by Crippen LogP contribution is 2.09. The van der Waals surface area contributed by atoms with E-state index < -0.39 is 0 Å². The number of nitrogen functional groups attached to an aromatic ring is 1. The largest absolute Gasteiger partial charge is 0.348 e. The van der Waals surface area contributed by atoms with E-state index in [9.17, 15) is 4.79 Å². The quantitative estimate of drug-likeness (QED) is 0.515. The normalized spacial score (nSPS) is 12.3. The number of nitrogens with zero attached hydrogens (tertiary/aromatic N) is 2. The maximum absolute atomic E-state index is 12.2. The monoisotopic (exact) mass is 279 g/mol. The topological polar surface area (TPSA) is 83.3 Å². The number of aryl methyl sites for hydroxylation is 1. The number of amides is 1. The number of rotatable bonds is 7. The van der Waals surface area contributed by atoms with Crippen molar-refractivity contribution in [3.63, 3.8) is 0 Å². The van der Waals surface area contributed by atoms with E-state index in [0.29, 0.717) is 11.4 Å². The van der Waals surface area contributed by atoms with Crippen molar-refractivity contribution in [2.45, 2.75) is 33.7 Å². The second kappa shape index (κ2) is 7.81. The molecule has 0 fully saturated rings. The van der Waals surface area contributed by atoms with E-state index in [0.717, 1.165) is 25.3 Å². The molecular formula is C14H25N5O. The smallest absolute Gasteiger partial charge is 0.251 e. The number of nitrogens with one attached hydrogen (secondary N) is 2. The van der Waals surface area contributed by atoms with E-state index in [2.05, 4.69) is 34.5 Å². The first-order chi connectivity index (χ1) is 9.49. The van der Waals surface area contributed by atoms with Gasteiger partial charge in [0.1, 0.15) is 5.82 Å². The third kappa shape index (κ3) is 4.79. The highest BCUT2D eigenvalue weighted by Gasteiger charge is 2.13. The number of anilines is 1. The van der Waals surface area contributed by atoms with E-state index in [1.165, 1.54) is 0 Å². The van der Waals surface area contributed by atoms with E-state index in [4.69, 9.17) is 5.84 Å². The van der Waals surface area contributed by atoms with E-state index >= 15 is 0 Å². The Labute approximate surface area is 120 Å². The number of hydrogen-bond donors (Lipinski definition) is 3. The van der Waals surface area contributed by atoms with Crippen LogP contribution in [0.25, 0.3) is 0 Å². The molecule has 6 heteroatoms. The molecule has 0 radical (unpaired) electrons. The molecule has 1 aromatic heterocycles. The van der Waals surface area contributed by atoms with Gasteiger partial charge in [0.15, 0.2) is 0 Å². The van der Waals surface area contributed by atoms with E-state index in [1.807, 2.05) is 13.8 Å². The first-order valence-corrected chi connectivity index (χ1v) is 6.98. The predicted molar refractivity (Wildman–Crippen MR) is 81.5 cm³/mol. The molecule has 0 saturated heterocycles. The van der Waals surface area contributed by atoms with Crippen molar-refractivity contribution in [1.82, 2.24) is 15.2 Å². The van der Waals surface area contributed by atoms with Crippen LogP contribution in [0.2, 0.25) is 0 Å². The highest BCUT2D eigenvalue weighted by molar-refractivity contribution is 5.95. The summed E-state index contributed by atoms with van der Waals surface area (Å²) in [5.41, 5.74) is 3.79. The summed E-state index contributed by atoms with van der Waals surface area (Å²) in [5, 5.41) is 3.00. The van der Waals surface area contributed by atoms with Crippen LogP contribution >= 0.6 is 0 Å². The Morgan fingerprint density at radius 1 is 1.40 bits per heavy atom. The Hall–Kier alpha value is -1.66. The Kier molecular flexibility index (Phi) is 6.41. The summed E-state index contributed by atoms with van der Waals surface area (Å²) in [6, 6.07) is 3.48. The predicted octanol–water partition coefficient (Wildman–Crippen LogP) is 1.14. The van der Waals surface area contributed by atoms with Crippen molar-refractivity contribution in [2.75, 3.05) is 25.1 Å². The van der Waals surface area contributed by atoms with Crippen LogP contribution in [0.1, 0.15) is 36.8 Å². The molecule has 0 spiro atoms. The van der Waals surface area contributed by atoms with Gasteiger partial charge in [0.25, 0.3) is 5.91 Å². The molecule has 1 amide bonds. The molecule has 0 aliphatic rings. The molecule has 20 heavy (non-hydrogen) atoms. The minimum atomic E-state index is -0.105. The van der Waals surface area contributed by atoms with Crippen molar-refractivity contribution in [3.8, 4) is 0 Å². The van der Waals surface area contributed by atoms with Crippen LogP contribution in [0.5, 0.6) is 0 Å². The zero-order chi connectivity index (χ0) is 15.1. The molecule has 0 saturated carbocycles. The molecule has 0 aromatic carbocycles. The Balaban J connectivity index is 2.68. The number of pyridine rings is 1. The second-order valence-electron chi connectivity index (χ2n) is 4.89. The summed E-state index contributed by atoms with van der Waals surface area (Å²) in [6.07, 6.45) is 0. The number of carbonyl (C=O) groups excluding carboxylic acids is 1. The summed E-state index contributed by atoms with van der Waals surface area (Å²) in [7, 11) is 0. The van der Waals surface area contributed by atoms with Crippen LogP contribution in [0, 0.1) is 6.92 Å². The van der Waals surface area contributed by atoms with E-state index in [-0.39, 0.29) is 11.9 Å². The van der Waals surface area contributed by atoms with Crippen LogP contribution in [0.15, 0.2) is 12.1 Å². The maximum Gasteiger partial charge on any atom is 0.251 e.